The van der Waals surface area contributed by atoms with E-state index >= 15 is 0 Å². The molecule has 0 saturated carbocycles. The number of hydrogen-bond acceptors (Lipinski definition) is 3. The van der Waals surface area contributed by atoms with Crippen LogP contribution in [0.3, 0.4) is 0 Å². The summed E-state index contributed by atoms with van der Waals surface area (Å²) in [6, 6.07) is -0.872. The van der Waals surface area contributed by atoms with Crippen molar-refractivity contribution in [3.63, 3.8) is 0 Å². The van der Waals surface area contributed by atoms with E-state index < -0.39 is 12.0 Å². The van der Waals surface area contributed by atoms with Crippen LogP contribution in [0, 0.1) is 0 Å². The van der Waals surface area contributed by atoms with Gasteiger partial charge in [0.25, 0.3) is 0 Å². The molecule has 0 unspecified atom stereocenters. The van der Waals surface area contributed by atoms with Crippen LogP contribution in [-0.4, -0.2) is 23.7 Å². The van der Waals surface area contributed by atoms with Gasteiger partial charge in [0.05, 0.1) is 18.5 Å². The Kier molecular flexibility index (Phi) is 4.39. The number of carboxylic acid groups (broad SMARTS) is 1. The topological polar surface area (TPSA) is 72.5 Å². The summed E-state index contributed by atoms with van der Waals surface area (Å²) < 4.78 is 4.09. The molecule has 0 spiro atoms. The molecular formula is C4H8ClNO3. The van der Waals surface area contributed by atoms with Crippen LogP contribution < -0.4 is 5.73 Å². The molecule has 3 N–H and O–H groups in total. The first-order chi connectivity index (χ1) is 4.18. The standard InChI is InChI=1S/C4H8ClNO3/c5-9-2-1-3(6)4(7)8/h3H,1-2,6H2,(H,7,8)/t3-/m0/s1. The molecule has 0 saturated heterocycles. The fourth-order valence-electron chi connectivity index (χ4n) is 0.295. The van der Waals surface area contributed by atoms with Gasteiger partial charge in [0.2, 0.25) is 0 Å². The zero-order valence-electron chi connectivity index (χ0n) is 4.71. The maximum atomic E-state index is 9.98. The lowest BCUT2D eigenvalue weighted by atomic mass is 10.2. The number of nitrogens with two attached hydrogens (primary N) is 1. The smallest absolute Gasteiger partial charge is 0.320 e. The minimum atomic E-state index is -1.04. The summed E-state index contributed by atoms with van der Waals surface area (Å²) in [7, 11) is 0. The van der Waals surface area contributed by atoms with Crippen LogP contribution in [0.4, 0.5) is 0 Å². The highest BCUT2D eigenvalue weighted by atomic mass is 35.5. The summed E-state index contributed by atoms with van der Waals surface area (Å²) in [5.41, 5.74) is 5.06. The molecule has 5 heteroatoms. The van der Waals surface area contributed by atoms with Crippen LogP contribution in [-0.2, 0) is 9.08 Å². The average Bonchev–Trinajstić information content (AvgIpc) is 1.82. The average molecular weight is 154 g/mol. The Morgan fingerprint density at radius 2 is 2.44 bits per heavy atom. The Bertz CT molecular complexity index is 97.8. The Morgan fingerprint density at radius 3 is 2.78 bits per heavy atom. The second kappa shape index (κ2) is 4.55. The number of halogens is 1. The number of carboxylic acids is 1. The molecule has 0 bridgehead atoms. The van der Waals surface area contributed by atoms with Gasteiger partial charge in [-0.3, -0.25) is 9.08 Å². The van der Waals surface area contributed by atoms with Crippen molar-refractivity contribution in [2.24, 2.45) is 5.73 Å². The second-order valence-electron chi connectivity index (χ2n) is 1.55. The number of carbonyl (C=O) groups is 1. The van der Waals surface area contributed by atoms with Crippen LogP contribution >= 0.6 is 11.9 Å². The van der Waals surface area contributed by atoms with Crippen molar-refractivity contribution >= 4 is 17.8 Å². The molecule has 0 fully saturated rings. The Balaban J connectivity index is 3.27. The van der Waals surface area contributed by atoms with Gasteiger partial charge >= 0.3 is 5.97 Å². The monoisotopic (exact) mass is 153 g/mol. The zero-order valence-corrected chi connectivity index (χ0v) is 5.47. The van der Waals surface area contributed by atoms with Gasteiger partial charge in [0, 0.05) is 0 Å². The Morgan fingerprint density at radius 1 is 1.89 bits per heavy atom. The van der Waals surface area contributed by atoms with Gasteiger partial charge in [-0.15, -0.1) is 0 Å². The largest absolute Gasteiger partial charge is 0.480 e. The molecule has 0 radical (unpaired) electrons. The number of hydrogen-bond donors (Lipinski definition) is 2. The Labute approximate surface area is 57.7 Å². The molecule has 9 heavy (non-hydrogen) atoms. The molecule has 0 aromatic rings. The van der Waals surface area contributed by atoms with E-state index in [4.69, 9.17) is 22.7 Å². The summed E-state index contributed by atoms with van der Waals surface area (Å²) in [5, 5.41) is 8.18. The molecule has 4 nitrogen and oxygen atoms in total. The highest BCUT2D eigenvalue weighted by molar-refractivity contribution is 6.07. The van der Waals surface area contributed by atoms with E-state index in [1.807, 2.05) is 0 Å². The first-order valence-electron chi connectivity index (χ1n) is 2.40. The summed E-state index contributed by atoms with van der Waals surface area (Å²) in [5.74, 6) is -1.04. The number of aliphatic carboxylic acids is 1. The molecule has 1 atom stereocenters. The highest BCUT2D eigenvalue weighted by Crippen LogP contribution is 1.90. The van der Waals surface area contributed by atoms with E-state index in [1.54, 1.807) is 0 Å². The summed E-state index contributed by atoms with van der Waals surface area (Å²) in [6.07, 6.45) is 0.235. The van der Waals surface area contributed by atoms with Gasteiger partial charge in [0.15, 0.2) is 0 Å². The lowest BCUT2D eigenvalue weighted by Crippen LogP contribution is -2.30. The predicted octanol–water partition coefficient (Wildman–Crippen LogP) is -0.0412. The van der Waals surface area contributed by atoms with E-state index in [2.05, 4.69) is 4.29 Å². The molecule has 0 aliphatic carbocycles. The molecular weight excluding hydrogens is 146 g/mol. The quantitative estimate of drug-likeness (QED) is 0.595. The third-order valence-electron chi connectivity index (χ3n) is 0.823. The lowest BCUT2D eigenvalue weighted by molar-refractivity contribution is -0.138. The van der Waals surface area contributed by atoms with Crippen LogP contribution in [0.25, 0.3) is 0 Å². The van der Waals surface area contributed by atoms with Crippen molar-refractivity contribution in [2.75, 3.05) is 6.61 Å². The van der Waals surface area contributed by atoms with Crippen LogP contribution in [0.1, 0.15) is 6.42 Å². The van der Waals surface area contributed by atoms with Crippen molar-refractivity contribution in [3.05, 3.63) is 0 Å². The normalized spacial score (nSPS) is 13.1. The highest BCUT2D eigenvalue weighted by Gasteiger charge is 2.09. The van der Waals surface area contributed by atoms with Crippen molar-refractivity contribution in [3.8, 4) is 0 Å². The summed E-state index contributed by atoms with van der Waals surface area (Å²) in [6.45, 7) is 0.162. The van der Waals surface area contributed by atoms with Gasteiger partial charge in [-0.25, -0.2) is 0 Å². The minimum absolute atomic E-state index is 0.162. The maximum absolute atomic E-state index is 9.98. The van der Waals surface area contributed by atoms with Crippen molar-refractivity contribution in [1.82, 2.24) is 0 Å². The molecule has 0 aromatic heterocycles. The van der Waals surface area contributed by atoms with Gasteiger partial charge < -0.3 is 10.8 Å². The molecule has 0 amide bonds. The lowest BCUT2D eigenvalue weighted by Gasteiger charge is -2.01. The van der Waals surface area contributed by atoms with Gasteiger partial charge in [-0.05, 0) is 6.42 Å². The van der Waals surface area contributed by atoms with Gasteiger partial charge in [-0.1, -0.05) is 0 Å². The minimum Gasteiger partial charge on any atom is -0.480 e. The summed E-state index contributed by atoms with van der Waals surface area (Å²) >= 11 is 4.80. The van der Waals surface area contributed by atoms with E-state index in [0.717, 1.165) is 0 Å². The first-order valence-corrected chi connectivity index (χ1v) is 2.71. The van der Waals surface area contributed by atoms with E-state index in [0.29, 0.717) is 0 Å². The van der Waals surface area contributed by atoms with E-state index in [9.17, 15) is 4.79 Å². The fraction of sp³-hybridized carbons (Fsp3) is 0.750. The summed E-state index contributed by atoms with van der Waals surface area (Å²) in [4.78, 5) is 9.98. The third-order valence-corrected chi connectivity index (χ3v) is 0.978. The molecule has 0 aromatic carbocycles. The molecule has 0 aliphatic rings. The van der Waals surface area contributed by atoms with Crippen LogP contribution in [0.15, 0.2) is 0 Å². The predicted molar refractivity (Wildman–Crippen MR) is 32.0 cm³/mol. The van der Waals surface area contributed by atoms with Crippen molar-refractivity contribution < 1.29 is 14.2 Å². The van der Waals surface area contributed by atoms with Crippen LogP contribution in [0.2, 0.25) is 0 Å². The third kappa shape index (κ3) is 4.20. The van der Waals surface area contributed by atoms with Crippen LogP contribution in [0.5, 0.6) is 0 Å². The van der Waals surface area contributed by atoms with Gasteiger partial charge in [-0.2, -0.15) is 0 Å². The van der Waals surface area contributed by atoms with Crippen molar-refractivity contribution in [1.29, 1.82) is 0 Å². The first kappa shape index (κ1) is 8.68. The van der Waals surface area contributed by atoms with E-state index in [1.165, 1.54) is 0 Å². The van der Waals surface area contributed by atoms with Gasteiger partial charge in [0.1, 0.15) is 6.04 Å². The number of rotatable bonds is 4. The molecule has 0 rings (SSSR count). The Hall–Kier alpha value is -0.320. The maximum Gasteiger partial charge on any atom is 0.320 e. The fourth-order valence-corrected chi connectivity index (χ4v) is 0.384. The van der Waals surface area contributed by atoms with E-state index in [-0.39, 0.29) is 13.0 Å². The molecule has 54 valence electrons. The van der Waals surface area contributed by atoms with Crippen molar-refractivity contribution in [2.45, 2.75) is 12.5 Å². The zero-order chi connectivity index (χ0) is 7.28. The molecule has 0 aliphatic heterocycles. The molecule has 0 heterocycles. The SMILES string of the molecule is N[C@@H](CCOCl)C(=O)O. The second-order valence-corrected chi connectivity index (χ2v) is 1.76.